The summed E-state index contributed by atoms with van der Waals surface area (Å²) in [7, 11) is 0. The zero-order valence-electron chi connectivity index (χ0n) is 20.7. The molecule has 7 heteroatoms. The van der Waals surface area contributed by atoms with Crippen LogP contribution >= 0.6 is 11.3 Å². The molecule has 0 aromatic carbocycles. The van der Waals surface area contributed by atoms with Gasteiger partial charge in [-0.25, -0.2) is 9.59 Å². The fraction of sp³-hybridized carbons (Fsp3) is 0.720. The number of carbonyl (C=O) groups is 3. The van der Waals surface area contributed by atoms with Crippen LogP contribution in [0, 0.1) is 6.92 Å². The van der Waals surface area contributed by atoms with Crippen LogP contribution in [0.5, 0.6) is 0 Å². The summed E-state index contributed by atoms with van der Waals surface area (Å²) >= 11 is 1.07. The van der Waals surface area contributed by atoms with Gasteiger partial charge in [-0.05, 0) is 46.6 Å². The molecule has 0 radical (unpaired) electrons. The molecule has 0 spiro atoms. The SMILES string of the molecule is CCCCCCCCCCCC(=O)Nc1sc(C(=O)OC(C)(C)C)c(C)c1C(=O)OCC. The number of unbranched alkanes of at least 4 members (excludes halogenated alkanes) is 8. The molecule has 0 aliphatic heterocycles. The van der Waals surface area contributed by atoms with Crippen LogP contribution in [0.3, 0.4) is 0 Å². The molecule has 0 aliphatic carbocycles. The number of rotatable bonds is 14. The Kier molecular flexibility index (Phi) is 12.6. The van der Waals surface area contributed by atoms with Crippen LogP contribution in [0.1, 0.15) is 124 Å². The van der Waals surface area contributed by atoms with Crippen LogP contribution in [0.25, 0.3) is 0 Å². The molecule has 1 aromatic heterocycles. The third kappa shape index (κ3) is 10.2. The lowest BCUT2D eigenvalue weighted by Crippen LogP contribution is -2.23. The van der Waals surface area contributed by atoms with Crippen LogP contribution < -0.4 is 5.32 Å². The normalized spacial score (nSPS) is 11.3. The molecule has 1 amide bonds. The van der Waals surface area contributed by atoms with Crippen molar-refractivity contribution in [1.29, 1.82) is 0 Å². The summed E-state index contributed by atoms with van der Waals surface area (Å²) in [6.07, 6.45) is 11.0. The van der Waals surface area contributed by atoms with E-state index in [9.17, 15) is 14.4 Å². The second-order valence-electron chi connectivity index (χ2n) is 9.11. The van der Waals surface area contributed by atoms with E-state index in [0.717, 1.165) is 30.6 Å². The van der Waals surface area contributed by atoms with Gasteiger partial charge in [0.05, 0.1) is 12.2 Å². The van der Waals surface area contributed by atoms with E-state index in [1.807, 2.05) is 0 Å². The maximum absolute atomic E-state index is 12.6. The Morgan fingerprint density at radius 1 is 0.875 bits per heavy atom. The van der Waals surface area contributed by atoms with Gasteiger partial charge in [-0.2, -0.15) is 0 Å². The molecule has 32 heavy (non-hydrogen) atoms. The summed E-state index contributed by atoms with van der Waals surface area (Å²) in [5.41, 5.74) is 0.0519. The fourth-order valence-corrected chi connectivity index (χ4v) is 4.44. The molecule has 1 aromatic rings. The number of thiophene rings is 1. The molecule has 0 aliphatic rings. The van der Waals surface area contributed by atoms with Gasteiger partial charge in [-0.15, -0.1) is 11.3 Å². The number of nitrogens with one attached hydrogen (secondary N) is 1. The van der Waals surface area contributed by atoms with Gasteiger partial charge in [-0.3, -0.25) is 4.79 Å². The summed E-state index contributed by atoms with van der Waals surface area (Å²) in [4.78, 5) is 37.9. The average Bonchev–Trinajstić information content (AvgIpc) is 3.01. The summed E-state index contributed by atoms with van der Waals surface area (Å²) in [6, 6.07) is 0. The molecule has 6 nitrogen and oxygen atoms in total. The lowest BCUT2D eigenvalue weighted by molar-refractivity contribution is -0.116. The van der Waals surface area contributed by atoms with Crippen molar-refractivity contribution in [3.8, 4) is 0 Å². The van der Waals surface area contributed by atoms with Crippen molar-refractivity contribution in [2.75, 3.05) is 11.9 Å². The zero-order valence-corrected chi connectivity index (χ0v) is 21.5. The quantitative estimate of drug-likeness (QED) is 0.234. The van der Waals surface area contributed by atoms with Crippen molar-refractivity contribution in [2.24, 2.45) is 0 Å². The Morgan fingerprint density at radius 2 is 1.44 bits per heavy atom. The Labute approximate surface area is 197 Å². The van der Waals surface area contributed by atoms with Gasteiger partial charge in [0.2, 0.25) is 5.91 Å². The predicted molar refractivity (Wildman–Crippen MR) is 131 cm³/mol. The summed E-state index contributed by atoms with van der Waals surface area (Å²) in [5.74, 6) is -1.21. The first kappa shape index (κ1) is 28.1. The lowest BCUT2D eigenvalue weighted by Gasteiger charge is -2.19. The molecule has 0 unspecified atom stereocenters. The Balaban J connectivity index is 2.69. The minimum absolute atomic E-state index is 0.157. The van der Waals surface area contributed by atoms with E-state index in [4.69, 9.17) is 9.47 Å². The number of hydrogen-bond acceptors (Lipinski definition) is 6. The van der Waals surface area contributed by atoms with Crippen molar-refractivity contribution >= 4 is 34.2 Å². The van der Waals surface area contributed by atoms with Gasteiger partial charge in [0.25, 0.3) is 0 Å². The molecule has 182 valence electrons. The lowest BCUT2D eigenvalue weighted by atomic mass is 10.1. The van der Waals surface area contributed by atoms with Gasteiger partial charge in [0, 0.05) is 6.42 Å². The molecule has 0 atom stereocenters. The minimum atomic E-state index is -0.656. The van der Waals surface area contributed by atoms with Gasteiger partial charge >= 0.3 is 11.9 Å². The molecule has 0 saturated heterocycles. The van der Waals surface area contributed by atoms with Crippen molar-refractivity contribution in [3.63, 3.8) is 0 Å². The van der Waals surface area contributed by atoms with E-state index in [2.05, 4.69) is 12.2 Å². The Morgan fingerprint density at radius 3 is 1.97 bits per heavy atom. The van der Waals surface area contributed by atoms with E-state index in [0.29, 0.717) is 21.9 Å². The second kappa shape index (κ2) is 14.3. The van der Waals surface area contributed by atoms with Gasteiger partial charge < -0.3 is 14.8 Å². The maximum Gasteiger partial charge on any atom is 0.349 e. The number of anilines is 1. The molecule has 1 rings (SSSR count). The van der Waals surface area contributed by atoms with E-state index < -0.39 is 17.5 Å². The molecule has 1 N–H and O–H groups in total. The number of esters is 2. The van der Waals surface area contributed by atoms with Crippen LogP contribution in [0.15, 0.2) is 0 Å². The van der Waals surface area contributed by atoms with E-state index in [-0.39, 0.29) is 18.1 Å². The highest BCUT2D eigenvalue weighted by Gasteiger charge is 2.29. The van der Waals surface area contributed by atoms with Crippen molar-refractivity contribution in [3.05, 3.63) is 16.0 Å². The van der Waals surface area contributed by atoms with Crippen molar-refractivity contribution in [1.82, 2.24) is 0 Å². The Hall–Kier alpha value is -1.89. The summed E-state index contributed by atoms with van der Waals surface area (Å²) < 4.78 is 10.6. The van der Waals surface area contributed by atoms with E-state index >= 15 is 0 Å². The van der Waals surface area contributed by atoms with Gasteiger partial charge in [-0.1, -0.05) is 58.3 Å². The van der Waals surface area contributed by atoms with Crippen LogP contribution in [-0.4, -0.2) is 30.1 Å². The third-order valence-electron chi connectivity index (χ3n) is 4.97. The number of amides is 1. The van der Waals surface area contributed by atoms with Gasteiger partial charge in [0.15, 0.2) is 0 Å². The van der Waals surface area contributed by atoms with E-state index in [1.165, 1.54) is 38.5 Å². The van der Waals surface area contributed by atoms with Crippen LogP contribution in [-0.2, 0) is 14.3 Å². The van der Waals surface area contributed by atoms with Crippen molar-refractivity contribution < 1.29 is 23.9 Å². The fourth-order valence-electron chi connectivity index (χ4n) is 3.36. The first-order valence-electron chi connectivity index (χ1n) is 11.9. The average molecular weight is 468 g/mol. The second-order valence-corrected chi connectivity index (χ2v) is 10.1. The summed E-state index contributed by atoms with van der Waals surface area (Å²) in [6.45, 7) is 11.2. The highest BCUT2D eigenvalue weighted by atomic mass is 32.1. The van der Waals surface area contributed by atoms with Gasteiger partial charge in [0.1, 0.15) is 15.5 Å². The smallest absolute Gasteiger partial charge is 0.349 e. The molecular weight excluding hydrogens is 426 g/mol. The maximum atomic E-state index is 12.6. The first-order valence-corrected chi connectivity index (χ1v) is 12.8. The molecule has 0 bridgehead atoms. The third-order valence-corrected chi connectivity index (χ3v) is 6.16. The predicted octanol–water partition coefficient (Wildman–Crippen LogP) is 7.05. The zero-order chi connectivity index (χ0) is 24.1. The Bertz CT molecular complexity index is 748. The molecule has 0 saturated carbocycles. The molecular formula is C25H41NO5S. The number of ether oxygens (including phenoxy) is 2. The monoisotopic (exact) mass is 467 g/mol. The summed E-state index contributed by atoms with van der Waals surface area (Å²) in [5, 5.41) is 3.17. The van der Waals surface area contributed by atoms with Crippen LogP contribution in [0.2, 0.25) is 0 Å². The van der Waals surface area contributed by atoms with E-state index in [1.54, 1.807) is 34.6 Å². The molecule has 0 fully saturated rings. The standard InChI is InChI=1S/C25H41NO5S/c1-7-9-10-11-12-13-14-15-16-17-19(27)26-22-20(23(28)30-8-2)18(3)21(32-22)24(29)31-25(4,5)6/h7-17H2,1-6H3,(H,26,27). The molecule has 1 heterocycles. The van der Waals surface area contributed by atoms with Crippen molar-refractivity contribution in [2.45, 2.75) is 111 Å². The van der Waals surface area contributed by atoms with Crippen LogP contribution in [0.4, 0.5) is 5.00 Å². The number of hydrogen-bond donors (Lipinski definition) is 1. The minimum Gasteiger partial charge on any atom is -0.462 e. The largest absolute Gasteiger partial charge is 0.462 e. The highest BCUT2D eigenvalue weighted by molar-refractivity contribution is 7.18. The number of carbonyl (C=O) groups excluding carboxylic acids is 3. The first-order chi connectivity index (χ1) is 15.1. The topological polar surface area (TPSA) is 81.7 Å². The highest BCUT2D eigenvalue weighted by Crippen LogP contribution is 2.35.